The minimum absolute atomic E-state index is 0.00488. The quantitative estimate of drug-likeness (QED) is 0.883. The van der Waals surface area contributed by atoms with Crippen molar-refractivity contribution >= 4 is 11.6 Å². The van der Waals surface area contributed by atoms with Crippen LogP contribution in [0.15, 0.2) is 48.5 Å². The van der Waals surface area contributed by atoms with E-state index in [9.17, 15) is 9.18 Å². The van der Waals surface area contributed by atoms with Crippen LogP contribution in [0.2, 0.25) is 0 Å². The predicted molar refractivity (Wildman–Crippen MR) is 91.4 cm³/mol. The summed E-state index contributed by atoms with van der Waals surface area (Å²) in [5.41, 5.74) is 1.24. The van der Waals surface area contributed by atoms with Gasteiger partial charge in [0.1, 0.15) is 18.2 Å². The zero-order valence-electron chi connectivity index (χ0n) is 13.4. The standard InChI is InChI=1S/C19H21FN2O2/c20-17-6-2-1-5-14(17)13-24-16-10-8-15(9-11-16)22-19(23)18-7-3-4-12-21-18/h1-2,5-6,8-11,18,21H,3-4,7,12-13H2,(H,22,23). The number of rotatable bonds is 5. The second-order valence-electron chi connectivity index (χ2n) is 5.90. The normalized spacial score (nSPS) is 17.3. The molecule has 24 heavy (non-hydrogen) atoms. The van der Waals surface area contributed by atoms with Crippen LogP contribution in [0.25, 0.3) is 0 Å². The molecule has 1 amide bonds. The second-order valence-corrected chi connectivity index (χ2v) is 5.90. The number of ether oxygens (including phenoxy) is 1. The van der Waals surface area contributed by atoms with Crippen LogP contribution in [0.1, 0.15) is 24.8 Å². The van der Waals surface area contributed by atoms with E-state index >= 15 is 0 Å². The van der Waals surface area contributed by atoms with Gasteiger partial charge in [0.25, 0.3) is 0 Å². The summed E-state index contributed by atoms with van der Waals surface area (Å²) in [6, 6.07) is 13.5. The minimum Gasteiger partial charge on any atom is -0.489 e. The third kappa shape index (κ3) is 4.32. The van der Waals surface area contributed by atoms with E-state index in [1.807, 2.05) is 0 Å². The fourth-order valence-electron chi connectivity index (χ4n) is 2.72. The summed E-state index contributed by atoms with van der Waals surface area (Å²) in [6.45, 7) is 1.06. The molecule has 0 bridgehead atoms. The van der Waals surface area contributed by atoms with Gasteiger partial charge in [-0.1, -0.05) is 24.6 Å². The molecule has 1 saturated heterocycles. The van der Waals surface area contributed by atoms with Crippen LogP contribution in [0.5, 0.6) is 5.75 Å². The Bertz CT molecular complexity index is 682. The molecule has 4 nitrogen and oxygen atoms in total. The molecule has 2 aromatic rings. The second kappa shape index (κ2) is 7.93. The summed E-state index contributed by atoms with van der Waals surface area (Å²) < 4.78 is 19.1. The molecule has 1 heterocycles. The summed E-state index contributed by atoms with van der Waals surface area (Å²) in [4.78, 5) is 12.2. The van der Waals surface area contributed by atoms with Crippen molar-refractivity contribution in [1.29, 1.82) is 0 Å². The molecule has 1 unspecified atom stereocenters. The number of nitrogens with one attached hydrogen (secondary N) is 2. The molecule has 0 radical (unpaired) electrons. The van der Waals surface area contributed by atoms with Gasteiger partial charge in [0.2, 0.25) is 5.91 Å². The number of anilines is 1. The molecule has 2 aromatic carbocycles. The number of benzene rings is 2. The average molecular weight is 328 g/mol. The van der Waals surface area contributed by atoms with Gasteiger partial charge in [0.05, 0.1) is 6.04 Å². The van der Waals surface area contributed by atoms with Gasteiger partial charge in [-0.25, -0.2) is 4.39 Å². The molecule has 1 aliphatic heterocycles. The highest BCUT2D eigenvalue weighted by atomic mass is 19.1. The lowest BCUT2D eigenvalue weighted by Crippen LogP contribution is -2.43. The van der Waals surface area contributed by atoms with Crippen LogP contribution >= 0.6 is 0 Å². The van der Waals surface area contributed by atoms with Crippen LogP contribution in [0.4, 0.5) is 10.1 Å². The third-order valence-corrected chi connectivity index (χ3v) is 4.10. The molecule has 1 aliphatic rings. The Morgan fingerprint density at radius 1 is 1.17 bits per heavy atom. The Morgan fingerprint density at radius 3 is 2.67 bits per heavy atom. The summed E-state index contributed by atoms with van der Waals surface area (Å²) >= 11 is 0. The Morgan fingerprint density at radius 2 is 1.96 bits per heavy atom. The van der Waals surface area contributed by atoms with Gasteiger partial charge in [0, 0.05) is 11.3 Å². The molecule has 2 N–H and O–H groups in total. The Labute approximate surface area is 141 Å². The summed E-state index contributed by atoms with van der Waals surface area (Å²) in [7, 11) is 0. The fraction of sp³-hybridized carbons (Fsp3) is 0.316. The van der Waals surface area contributed by atoms with E-state index in [-0.39, 0.29) is 24.4 Å². The molecule has 1 fully saturated rings. The Balaban J connectivity index is 1.53. The lowest BCUT2D eigenvalue weighted by atomic mass is 10.0. The largest absolute Gasteiger partial charge is 0.489 e. The van der Waals surface area contributed by atoms with E-state index in [1.54, 1.807) is 42.5 Å². The molecular formula is C19H21FN2O2. The van der Waals surface area contributed by atoms with E-state index in [4.69, 9.17) is 4.74 Å². The first-order chi connectivity index (χ1) is 11.7. The first-order valence-corrected chi connectivity index (χ1v) is 8.23. The molecule has 126 valence electrons. The van der Waals surface area contributed by atoms with Crippen LogP contribution in [-0.2, 0) is 11.4 Å². The maximum Gasteiger partial charge on any atom is 0.241 e. The molecule has 1 atom stereocenters. The fourth-order valence-corrected chi connectivity index (χ4v) is 2.72. The van der Waals surface area contributed by atoms with Gasteiger partial charge in [-0.05, 0) is 49.7 Å². The Kier molecular flexibility index (Phi) is 5.43. The Hall–Kier alpha value is -2.40. The van der Waals surface area contributed by atoms with Crippen molar-refractivity contribution in [2.75, 3.05) is 11.9 Å². The molecule has 0 aliphatic carbocycles. The summed E-state index contributed by atoms with van der Waals surface area (Å²) in [5, 5.41) is 6.13. The molecule has 0 saturated carbocycles. The number of amides is 1. The first-order valence-electron chi connectivity index (χ1n) is 8.23. The van der Waals surface area contributed by atoms with Crippen molar-refractivity contribution in [2.24, 2.45) is 0 Å². The zero-order chi connectivity index (χ0) is 16.8. The van der Waals surface area contributed by atoms with Crippen molar-refractivity contribution in [3.05, 3.63) is 59.9 Å². The number of hydrogen-bond acceptors (Lipinski definition) is 3. The van der Waals surface area contributed by atoms with E-state index in [0.29, 0.717) is 11.3 Å². The van der Waals surface area contributed by atoms with Crippen LogP contribution in [0, 0.1) is 5.82 Å². The number of halogens is 1. The molecule has 0 aromatic heterocycles. The topological polar surface area (TPSA) is 50.4 Å². The number of carbonyl (C=O) groups excluding carboxylic acids is 1. The number of piperidine rings is 1. The number of hydrogen-bond donors (Lipinski definition) is 2. The van der Waals surface area contributed by atoms with Crippen molar-refractivity contribution in [1.82, 2.24) is 5.32 Å². The van der Waals surface area contributed by atoms with E-state index < -0.39 is 0 Å². The monoisotopic (exact) mass is 328 g/mol. The van der Waals surface area contributed by atoms with Gasteiger partial charge >= 0.3 is 0 Å². The van der Waals surface area contributed by atoms with E-state index in [0.717, 1.165) is 31.5 Å². The van der Waals surface area contributed by atoms with Gasteiger partial charge in [-0.2, -0.15) is 0 Å². The molecule has 5 heteroatoms. The smallest absolute Gasteiger partial charge is 0.241 e. The lowest BCUT2D eigenvalue weighted by Gasteiger charge is -2.22. The van der Waals surface area contributed by atoms with Crippen molar-refractivity contribution in [3.8, 4) is 5.75 Å². The highest BCUT2D eigenvalue weighted by Gasteiger charge is 2.20. The van der Waals surface area contributed by atoms with Gasteiger partial charge < -0.3 is 15.4 Å². The number of carbonyl (C=O) groups is 1. The van der Waals surface area contributed by atoms with Crippen molar-refractivity contribution in [3.63, 3.8) is 0 Å². The highest BCUT2D eigenvalue weighted by molar-refractivity contribution is 5.94. The van der Waals surface area contributed by atoms with Crippen molar-refractivity contribution in [2.45, 2.75) is 31.9 Å². The van der Waals surface area contributed by atoms with Crippen molar-refractivity contribution < 1.29 is 13.9 Å². The van der Waals surface area contributed by atoms with Crippen LogP contribution < -0.4 is 15.4 Å². The first kappa shape index (κ1) is 16.5. The summed E-state index contributed by atoms with van der Waals surface area (Å²) in [5.74, 6) is 0.350. The minimum atomic E-state index is -0.277. The lowest BCUT2D eigenvalue weighted by molar-refractivity contribution is -0.118. The maximum atomic E-state index is 13.5. The molecular weight excluding hydrogens is 307 g/mol. The molecule has 3 rings (SSSR count). The third-order valence-electron chi connectivity index (χ3n) is 4.10. The van der Waals surface area contributed by atoms with Gasteiger partial charge in [-0.3, -0.25) is 4.79 Å². The average Bonchev–Trinajstić information content (AvgIpc) is 2.63. The maximum absolute atomic E-state index is 13.5. The molecule has 0 spiro atoms. The predicted octanol–water partition coefficient (Wildman–Crippen LogP) is 3.49. The van der Waals surface area contributed by atoms with E-state index in [1.165, 1.54) is 6.07 Å². The van der Waals surface area contributed by atoms with E-state index in [2.05, 4.69) is 10.6 Å². The highest BCUT2D eigenvalue weighted by Crippen LogP contribution is 2.18. The van der Waals surface area contributed by atoms with Gasteiger partial charge in [0.15, 0.2) is 0 Å². The zero-order valence-corrected chi connectivity index (χ0v) is 13.4. The van der Waals surface area contributed by atoms with Gasteiger partial charge in [-0.15, -0.1) is 0 Å². The SMILES string of the molecule is O=C(Nc1ccc(OCc2ccccc2F)cc1)C1CCCCN1. The van der Waals surface area contributed by atoms with Crippen LogP contribution in [0.3, 0.4) is 0 Å². The summed E-state index contributed by atoms with van der Waals surface area (Å²) in [6.07, 6.45) is 3.07. The van der Waals surface area contributed by atoms with Crippen LogP contribution in [-0.4, -0.2) is 18.5 Å².